The third-order valence-corrected chi connectivity index (χ3v) is 9.64. The lowest BCUT2D eigenvalue weighted by atomic mass is 10.1. The predicted molar refractivity (Wildman–Crippen MR) is 199 cm³/mol. The lowest BCUT2D eigenvalue weighted by Crippen LogP contribution is -2.29. The van der Waals surface area contributed by atoms with Gasteiger partial charge in [-0.3, -0.25) is 9.59 Å². The minimum Gasteiger partial charge on any atom is -0.483 e. The SMILES string of the molecule is O=C(COc1ccc2ccccc2c1Sc1c(OCC(=O)NCc2nc3ccccc3[nH]2)ccc2ccccc12)NCc1nc2ccccc2[nH]1. The molecule has 0 radical (unpaired) electrons. The number of hydrogen-bond donors (Lipinski definition) is 4. The number of H-pyrrole nitrogens is 2. The molecule has 0 spiro atoms. The molecule has 11 heteroatoms. The molecule has 0 aliphatic heterocycles. The minimum atomic E-state index is -0.276. The Balaban J connectivity index is 1.01. The molecule has 6 aromatic carbocycles. The Hall–Kier alpha value is -6.33. The van der Waals surface area contributed by atoms with E-state index in [0.29, 0.717) is 23.1 Å². The van der Waals surface area contributed by atoms with Crippen LogP contribution in [0.5, 0.6) is 11.5 Å². The van der Waals surface area contributed by atoms with Crippen molar-refractivity contribution in [1.82, 2.24) is 30.6 Å². The van der Waals surface area contributed by atoms with E-state index in [1.807, 2.05) is 121 Å². The van der Waals surface area contributed by atoms with Gasteiger partial charge >= 0.3 is 0 Å². The van der Waals surface area contributed by atoms with Crippen LogP contribution in [0.4, 0.5) is 0 Å². The number of aromatic nitrogens is 4. The van der Waals surface area contributed by atoms with Gasteiger partial charge in [-0.2, -0.15) is 0 Å². The van der Waals surface area contributed by atoms with Crippen molar-refractivity contribution in [3.05, 3.63) is 133 Å². The Morgan fingerprint density at radius 3 is 1.45 bits per heavy atom. The van der Waals surface area contributed by atoms with E-state index in [1.165, 1.54) is 11.8 Å². The summed E-state index contributed by atoms with van der Waals surface area (Å²) in [6, 6.07) is 39.2. The number of imidazole rings is 2. The molecule has 8 rings (SSSR count). The van der Waals surface area contributed by atoms with Gasteiger partial charge in [0, 0.05) is 0 Å². The average molecular weight is 693 g/mol. The van der Waals surface area contributed by atoms with Crippen LogP contribution in [-0.2, 0) is 22.7 Å². The normalized spacial score (nSPS) is 11.3. The molecule has 0 bridgehead atoms. The van der Waals surface area contributed by atoms with Gasteiger partial charge in [0.2, 0.25) is 0 Å². The van der Waals surface area contributed by atoms with E-state index in [1.54, 1.807) is 0 Å². The highest BCUT2D eigenvalue weighted by molar-refractivity contribution is 8.00. The van der Waals surface area contributed by atoms with Crippen LogP contribution >= 0.6 is 11.8 Å². The standard InChI is InChI=1S/C40H32N6O4S/c47-37(41-21-35-43-29-13-5-6-14-30(29)44-35)23-49-33-19-17-25-9-1-3-11-27(25)39(33)51-40-28-12-4-2-10-26(28)18-20-34(40)50-24-38(48)42-22-36-45-31-15-7-8-16-32(31)46-36/h1-20H,21-24H2,(H,41,47)(H,42,48)(H,43,44)(H,45,46). The van der Waals surface area contributed by atoms with Crippen LogP contribution < -0.4 is 20.1 Å². The number of amides is 2. The Labute approximate surface area is 296 Å². The number of fused-ring (bicyclic) bond motifs is 4. The minimum absolute atomic E-state index is 0.184. The molecule has 10 nitrogen and oxygen atoms in total. The summed E-state index contributed by atoms with van der Waals surface area (Å²) in [7, 11) is 0. The lowest BCUT2D eigenvalue weighted by molar-refractivity contribution is -0.124. The first-order valence-corrected chi connectivity index (χ1v) is 17.3. The summed E-state index contributed by atoms with van der Waals surface area (Å²) in [5.41, 5.74) is 3.51. The first kappa shape index (κ1) is 31.9. The maximum absolute atomic E-state index is 13.0. The van der Waals surface area contributed by atoms with Crippen molar-refractivity contribution in [2.24, 2.45) is 0 Å². The fourth-order valence-electron chi connectivity index (χ4n) is 5.92. The number of ether oxygens (including phenoxy) is 2. The van der Waals surface area contributed by atoms with E-state index in [2.05, 4.69) is 30.6 Å². The third-order valence-electron chi connectivity index (χ3n) is 8.39. The van der Waals surface area contributed by atoms with Gasteiger partial charge in [-0.1, -0.05) is 96.7 Å². The van der Waals surface area contributed by atoms with Crippen LogP contribution in [0.1, 0.15) is 11.6 Å². The molecule has 0 saturated carbocycles. The van der Waals surface area contributed by atoms with Crippen LogP contribution in [0.25, 0.3) is 43.6 Å². The first-order chi connectivity index (χ1) is 25.1. The van der Waals surface area contributed by atoms with Crippen LogP contribution in [0.15, 0.2) is 131 Å². The van der Waals surface area contributed by atoms with Crippen molar-refractivity contribution in [3.8, 4) is 11.5 Å². The Morgan fingerprint density at radius 1 is 0.549 bits per heavy atom. The molecule has 252 valence electrons. The van der Waals surface area contributed by atoms with Gasteiger partial charge in [-0.25, -0.2) is 9.97 Å². The van der Waals surface area contributed by atoms with Gasteiger partial charge in [0.25, 0.3) is 11.8 Å². The van der Waals surface area contributed by atoms with Gasteiger partial charge in [-0.05, 0) is 57.9 Å². The van der Waals surface area contributed by atoms with Crippen molar-refractivity contribution in [1.29, 1.82) is 0 Å². The summed E-state index contributed by atoms with van der Waals surface area (Å²) in [6.45, 7) is 0.129. The number of carbonyl (C=O) groups is 2. The van der Waals surface area contributed by atoms with Crippen molar-refractivity contribution < 1.29 is 19.1 Å². The molecule has 51 heavy (non-hydrogen) atoms. The van der Waals surface area contributed by atoms with E-state index in [9.17, 15) is 9.59 Å². The monoisotopic (exact) mass is 692 g/mol. The second kappa shape index (κ2) is 14.3. The summed E-state index contributed by atoms with van der Waals surface area (Å²) in [4.78, 5) is 43.1. The molecule has 0 saturated heterocycles. The fourth-order valence-corrected chi connectivity index (χ4v) is 7.17. The summed E-state index contributed by atoms with van der Waals surface area (Å²) < 4.78 is 12.4. The van der Waals surface area contributed by atoms with E-state index < -0.39 is 0 Å². The van der Waals surface area contributed by atoms with Crippen molar-refractivity contribution in [2.45, 2.75) is 22.9 Å². The molecule has 8 aromatic rings. The number of aromatic amines is 2. The summed E-state index contributed by atoms with van der Waals surface area (Å²) >= 11 is 1.48. The highest BCUT2D eigenvalue weighted by Crippen LogP contribution is 2.46. The maximum atomic E-state index is 13.0. The van der Waals surface area contributed by atoms with Gasteiger partial charge in [0.05, 0.1) is 44.9 Å². The fraction of sp³-hybridized carbons (Fsp3) is 0.100. The quantitative estimate of drug-likeness (QED) is 0.106. The zero-order valence-electron chi connectivity index (χ0n) is 27.3. The Bertz CT molecular complexity index is 2300. The number of nitrogens with one attached hydrogen (secondary N) is 4. The number of nitrogens with zero attached hydrogens (tertiary/aromatic N) is 2. The number of hydrogen-bond acceptors (Lipinski definition) is 7. The van der Waals surface area contributed by atoms with Crippen molar-refractivity contribution in [2.75, 3.05) is 13.2 Å². The highest BCUT2D eigenvalue weighted by Gasteiger charge is 2.18. The molecule has 2 amide bonds. The highest BCUT2D eigenvalue weighted by atomic mass is 32.2. The van der Waals surface area contributed by atoms with Crippen molar-refractivity contribution >= 4 is 67.2 Å². The lowest BCUT2D eigenvalue weighted by Gasteiger charge is -2.17. The second-order valence-electron chi connectivity index (χ2n) is 11.9. The number of rotatable bonds is 12. The molecule has 0 unspecified atom stereocenters. The Kier molecular flexibility index (Phi) is 8.92. The topological polar surface area (TPSA) is 134 Å². The Morgan fingerprint density at radius 2 is 0.980 bits per heavy atom. The molecular weight excluding hydrogens is 661 g/mol. The molecule has 2 aromatic heterocycles. The van der Waals surface area contributed by atoms with Crippen LogP contribution in [0, 0.1) is 0 Å². The van der Waals surface area contributed by atoms with Gasteiger partial charge in [-0.15, -0.1) is 0 Å². The summed E-state index contributed by atoms with van der Waals surface area (Å²) in [6.07, 6.45) is 0. The molecule has 2 heterocycles. The van der Waals surface area contributed by atoms with E-state index in [0.717, 1.165) is 53.4 Å². The average Bonchev–Trinajstić information content (AvgIpc) is 3.79. The maximum Gasteiger partial charge on any atom is 0.258 e. The smallest absolute Gasteiger partial charge is 0.258 e. The van der Waals surface area contributed by atoms with Crippen LogP contribution in [0.3, 0.4) is 0 Å². The third kappa shape index (κ3) is 7.06. The number of para-hydroxylation sites is 4. The molecule has 4 N–H and O–H groups in total. The van der Waals surface area contributed by atoms with Gasteiger partial charge < -0.3 is 30.1 Å². The van der Waals surface area contributed by atoms with E-state index in [4.69, 9.17) is 9.47 Å². The van der Waals surface area contributed by atoms with E-state index in [-0.39, 0.29) is 38.1 Å². The first-order valence-electron chi connectivity index (χ1n) is 16.4. The molecule has 0 fully saturated rings. The number of carbonyl (C=O) groups excluding carboxylic acids is 2. The number of benzene rings is 6. The summed E-state index contributed by atoms with van der Waals surface area (Å²) in [5.74, 6) is 1.89. The molecule has 0 aliphatic rings. The van der Waals surface area contributed by atoms with Gasteiger partial charge in [0.1, 0.15) is 23.1 Å². The predicted octanol–water partition coefficient (Wildman–Crippen LogP) is 7.29. The summed E-state index contributed by atoms with van der Waals surface area (Å²) in [5, 5.41) is 9.76. The van der Waals surface area contributed by atoms with Crippen molar-refractivity contribution in [3.63, 3.8) is 0 Å². The van der Waals surface area contributed by atoms with Crippen LogP contribution in [0.2, 0.25) is 0 Å². The zero-order chi connectivity index (χ0) is 34.6. The van der Waals surface area contributed by atoms with Gasteiger partial charge in [0.15, 0.2) is 13.2 Å². The van der Waals surface area contributed by atoms with Crippen LogP contribution in [-0.4, -0.2) is 45.0 Å². The molecule has 0 aliphatic carbocycles. The molecule has 0 atom stereocenters. The van der Waals surface area contributed by atoms with E-state index >= 15 is 0 Å². The molecular formula is C40H32N6O4S. The largest absolute Gasteiger partial charge is 0.483 e. The zero-order valence-corrected chi connectivity index (χ0v) is 28.1. The second-order valence-corrected chi connectivity index (χ2v) is 12.9.